The van der Waals surface area contributed by atoms with Crippen LogP contribution in [-0.4, -0.2) is 0 Å². The van der Waals surface area contributed by atoms with Gasteiger partial charge in [0.25, 0.3) is 0 Å². The summed E-state index contributed by atoms with van der Waals surface area (Å²) in [6.07, 6.45) is 8.48. The first kappa shape index (κ1) is 18.0. The van der Waals surface area contributed by atoms with E-state index in [0.29, 0.717) is 0 Å². The maximum atomic E-state index is 2.45. The van der Waals surface area contributed by atoms with Gasteiger partial charge in [0.1, 0.15) is 0 Å². The van der Waals surface area contributed by atoms with Crippen LogP contribution >= 0.6 is 0 Å². The molecule has 0 aromatic heterocycles. The van der Waals surface area contributed by atoms with E-state index in [2.05, 4.69) is 48.5 Å². The summed E-state index contributed by atoms with van der Waals surface area (Å²) in [6.45, 7) is 16.8. The van der Waals surface area contributed by atoms with E-state index in [1.165, 1.54) is 38.5 Å². The molecule has 0 aliphatic heterocycles. The first-order valence-electron chi connectivity index (χ1n) is 8.38. The van der Waals surface area contributed by atoms with Crippen molar-refractivity contribution >= 4 is 0 Å². The molecule has 4 atom stereocenters. The van der Waals surface area contributed by atoms with Crippen LogP contribution in [0.15, 0.2) is 0 Å². The SMILES string of the molecule is CCCC(C)CCCC(C)CC(C)C(C)C(C)C. The molecular weight excluding hydrogens is 216 g/mol. The summed E-state index contributed by atoms with van der Waals surface area (Å²) in [4.78, 5) is 0. The molecule has 0 bridgehead atoms. The monoisotopic (exact) mass is 254 g/mol. The maximum Gasteiger partial charge on any atom is -0.0394 e. The van der Waals surface area contributed by atoms with Crippen molar-refractivity contribution in [3.63, 3.8) is 0 Å². The largest absolute Gasteiger partial charge is 0.0654 e. The lowest BCUT2D eigenvalue weighted by Gasteiger charge is -2.26. The van der Waals surface area contributed by atoms with Gasteiger partial charge in [-0.05, 0) is 36.0 Å². The standard InChI is InChI=1S/C18H38/c1-8-10-15(4)11-9-12-16(5)13-17(6)18(7)14(2)3/h14-18H,8-13H2,1-7H3. The topological polar surface area (TPSA) is 0 Å². The van der Waals surface area contributed by atoms with Gasteiger partial charge in [-0.1, -0.05) is 80.6 Å². The van der Waals surface area contributed by atoms with Crippen molar-refractivity contribution in [2.75, 3.05) is 0 Å². The highest BCUT2D eigenvalue weighted by molar-refractivity contribution is 4.68. The summed E-state index contributed by atoms with van der Waals surface area (Å²) in [7, 11) is 0. The fourth-order valence-corrected chi connectivity index (χ4v) is 3.08. The zero-order valence-corrected chi connectivity index (χ0v) is 14.1. The third-order valence-corrected chi connectivity index (χ3v) is 4.90. The van der Waals surface area contributed by atoms with Gasteiger partial charge >= 0.3 is 0 Å². The minimum Gasteiger partial charge on any atom is -0.0654 e. The van der Waals surface area contributed by atoms with E-state index < -0.39 is 0 Å². The highest BCUT2D eigenvalue weighted by Crippen LogP contribution is 2.28. The second-order valence-corrected chi connectivity index (χ2v) is 7.25. The molecule has 0 radical (unpaired) electrons. The van der Waals surface area contributed by atoms with Crippen LogP contribution in [0.2, 0.25) is 0 Å². The predicted molar refractivity (Wildman–Crippen MR) is 84.9 cm³/mol. The third kappa shape index (κ3) is 8.16. The number of hydrogen-bond acceptors (Lipinski definition) is 0. The lowest BCUT2D eigenvalue weighted by atomic mass is 9.80. The van der Waals surface area contributed by atoms with E-state index in [1.807, 2.05) is 0 Å². The van der Waals surface area contributed by atoms with E-state index in [4.69, 9.17) is 0 Å². The van der Waals surface area contributed by atoms with Crippen LogP contribution in [0.5, 0.6) is 0 Å². The van der Waals surface area contributed by atoms with Crippen LogP contribution in [0, 0.1) is 29.6 Å². The van der Waals surface area contributed by atoms with Gasteiger partial charge < -0.3 is 0 Å². The zero-order chi connectivity index (χ0) is 14.1. The molecule has 0 saturated carbocycles. The maximum absolute atomic E-state index is 2.45. The van der Waals surface area contributed by atoms with Crippen LogP contribution in [-0.2, 0) is 0 Å². The second kappa shape index (κ2) is 9.87. The Morgan fingerprint density at radius 3 is 1.78 bits per heavy atom. The summed E-state index contributed by atoms with van der Waals surface area (Å²) in [6, 6.07) is 0. The summed E-state index contributed by atoms with van der Waals surface area (Å²) >= 11 is 0. The lowest BCUT2D eigenvalue weighted by molar-refractivity contribution is 0.244. The Bertz CT molecular complexity index is 182. The third-order valence-electron chi connectivity index (χ3n) is 4.90. The van der Waals surface area contributed by atoms with E-state index in [1.54, 1.807) is 0 Å². The summed E-state index contributed by atoms with van der Waals surface area (Å²) < 4.78 is 0. The lowest BCUT2D eigenvalue weighted by Crippen LogP contribution is -2.16. The highest BCUT2D eigenvalue weighted by Gasteiger charge is 2.18. The van der Waals surface area contributed by atoms with Crippen LogP contribution in [0.25, 0.3) is 0 Å². The van der Waals surface area contributed by atoms with Gasteiger partial charge in [0, 0.05) is 0 Å². The van der Waals surface area contributed by atoms with Crippen molar-refractivity contribution in [1.82, 2.24) is 0 Å². The van der Waals surface area contributed by atoms with Crippen LogP contribution < -0.4 is 0 Å². The normalized spacial score (nSPS) is 18.7. The molecule has 0 N–H and O–H groups in total. The highest BCUT2D eigenvalue weighted by atomic mass is 14.2. The molecule has 0 saturated heterocycles. The molecule has 0 heterocycles. The molecule has 0 aromatic rings. The quantitative estimate of drug-likeness (QED) is 0.415. The van der Waals surface area contributed by atoms with Crippen LogP contribution in [0.1, 0.15) is 87.0 Å². The Morgan fingerprint density at radius 1 is 0.722 bits per heavy atom. The molecule has 0 amide bonds. The van der Waals surface area contributed by atoms with E-state index in [-0.39, 0.29) is 0 Å². The molecule has 4 unspecified atom stereocenters. The Balaban J connectivity index is 3.73. The van der Waals surface area contributed by atoms with Gasteiger partial charge in [-0.15, -0.1) is 0 Å². The van der Waals surface area contributed by atoms with Crippen LogP contribution in [0.3, 0.4) is 0 Å². The van der Waals surface area contributed by atoms with E-state index in [9.17, 15) is 0 Å². The van der Waals surface area contributed by atoms with Crippen molar-refractivity contribution in [3.8, 4) is 0 Å². The Morgan fingerprint density at radius 2 is 1.28 bits per heavy atom. The van der Waals surface area contributed by atoms with Crippen molar-refractivity contribution in [1.29, 1.82) is 0 Å². The smallest absolute Gasteiger partial charge is 0.0394 e. The molecule has 18 heavy (non-hydrogen) atoms. The van der Waals surface area contributed by atoms with Crippen molar-refractivity contribution in [2.45, 2.75) is 87.0 Å². The minimum absolute atomic E-state index is 0.830. The molecule has 0 aliphatic rings. The first-order valence-corrected chi connectivity index (χ1v) is 8.38. The fraction of sp³-hybridized carbons (Fsp3) is 1.00. The second-order valence-electron chi connectivity index (χ2n) is 7.25. The fourth-order valence-electron chi connectivity index (χ4n) is 3.08. The van der Waals surface area contributed by atoms with Crippen molar-refractivity contribution in [3.05, 3.63) is 0 Å². The summed E-state index contributed by atoms with van der Waals surface area (Å²) in [5.74, 6) is 4.43. The average Bonchev–Trinajstić information content (AvgIpc) is 2.27. The van der Waals surface area contributed by atoms with Gasteiger partial charge in [-0.3, -0.25) is 0 Å². The summed E-state index contributed by atoms with van der Waals surface area (Å²) in [5.41, 5.74) is 0. The Kier molecular flexibility index (Phi) is 9.87. The molecule has 0 nitrogen and oxygen atoms in total. The van der Waals surface area contributed by atoms with Crippen molar-refractivity contribution < 1.29 is 0 Å². The molecule has 0 heteroatoms. The van der Waals surface area contributed by atoms with Crippen molar-refractivity contribution in [2.24, 2.45) is 29.6 Å². The molecular formula is C18H38. The molecule has 110 valence electrons. The molecule has 0 aromatic carbocycles. The van der Waals surface area contributed by atoms with E-state index >= 15 is 0 Å². The Hall–Kier alpha value is 0. The van der Waals surface area contributed by atoms with Gasteiger partial charge in [0.2, 0.25) is 0 Å². The van der Waals surface area contributed by atoms with E-state index in [0.717, 1.165) is 29.6 Å². The van der Waals surface area contributed by atoms with Gasteiger partial charge in [0.15, 0.2) is 0 Å². The summed E-state index contributed by atoms with van der Waals surface area (Å²) in [5, 5.41) is 0. The van der Waals surface area contributed by atoms with Gasteiger partial charge in [-0.25, -0.2) is 0 Å². The Labute approximate surface area is 117 Å². The molecule has 0 fully saturated rings. The molecule has 0 aliphatic carbocycles. The van der Waals surface area contributed by atoms with Gasteiger partial charge in [-0.2, -0.15) is 0 Å². The zero-order valence-electron chi connectivity index (χ0n) is 14.1. The first-order chi connectivity index (χ1) is 8.38. The van der Waals surface area contributed by atoms with Crippen LogP contribution in [0.4, 0.5) is 0 Å². The van der Waals surface area contributed by atoms with Gasteiger partial charge in [0.05, 0.1) is 0 Å². The molecule has 0 spiro atoms. The number of rotatable bonds is 10. The average molecular weight is 255 g/mol. The minimum atomic E-state index is 0.830. The molecule has 0 rings (SSSR count). The predicted octanol–water partition coefficient (Wildman–Crippen LogP) is 6.55. The number of hydrogen-bond donors (Lipinski definition) is 0.